The quantitative estimate of drug-likeness (QED) is 0.595. The van der Waals surface area contributed by atoms with Crippen LogP contribution in [0.1, 0.15) is 13.8 Å². The molecule has 0 fully saturated rings. The number of rotatable bonds is 0. The Kier molecular flexibility index (Phi) is 4980. The van der Waals surface area contributed by atoms with Gasteiger partial charge in [0.05, 0.1) is 0 Å². The van der Waals surface area contributed by atoms with E-state index in [1.54, 1.807) is 13.8 Å². The summed E-state index contributed by atoms with van der Waals surface area (Å²) in [5, 5.41) is 15.1. The number of aliphatic hydroxyl groups is 2. The standard InChI is InChI=1S/2C2H6O.4C2H4/c2*1-2-3;4*1-2/h2*3H,2H2,1H3;4*1-2H2. The Morgan fingerprint density at radius 1 is 0.571 bits per heavy atom. The first-order valence-electron chi connectivity index (χ1n) is 4.05. The summed E-state index contributed by atoms with van der Waals surface area (Å²) in [5.74, 6) is 0. The zero-order valence-corrected chi connectivity index (χ0v) is 9.97. The molecule has 2 N–H and O–H groups in total. The lowest BCUT2D eigenvalue weighted by atomic mass is 10.9. The topological polar surface area (TPSA) is 40.5 Å². The van der Waals surface area contributed by atoms with Gasteiger partial charge in [-0.2, -0.15) is 0 Å². The SMILES string of the molecule is C=C.C=C.C=C.C=C.CCO.CCO. The van der Waals surface area contributed by atoms with Gasteiger partial charge in [-0.1, -0.05) is 0 Å². The molecule has 0 saturated heterocycles. The van der Waals surface area contributed by atoms with Gasteiger partial charge in [0.15, 0.2) is 0 Å². The van der Waals surface area contributed by atoms with E-state index in [2.05, 4.69) is 52.6 Å². The van der Waals surface area contributed by atoms with Crippen LogP contribution in [0.5, 0.6) is 0 Å². The van der Waals surface area contributed by atoms with E-state index in [1.165, 1.54) is 0 Å². The van der Waals surface area contributed by atoms with E-state index in [-0.39, 0.29) is 13.2 Å². The zero-order valence-electron chi connectivity index (χ0n) is 9.97. The molecule has 0 rings (SSSR count). The number of aliphatic hydroxyl groups excluding tert-OH is 2. The smallest absolute Gasteiger partial charge is 0.0402 e. The first-order valence-corrected chi connectivity index (χ1v) is 4.05. The average molecular weight is 204 g/mol. The molecule has 0 aromatic carbocycles. The highest BCUT2D eigenvalue weighted by Crippen LogP contribution is 1.30. The van der Waals surface area contributed by atoms with Crippen molar-refractivity contribution >= 4 is 0 Å². The second-order valence-corrected chi connectivity index (χ2v) is 0.632. The van der Waals surface area contributed by atoms with E-state index in [0.29, 0.717) is 0 Å². The third-order valence-electron chi connectivity index (χ3n) is 0. The first-order chi connectivity index (χ1) is 6.83. The van der Waals surface area contributed by atoms with Crippen molar-refractivity contribution < 1.29 is 10.2 Å². The molecule has 0 atom stereocenters. The van der Waals surface area contributed by atoms with Gasteiger partial charge in [0.2, 0.25) is 0 Å². The molecular weight excluding hydrogens is 176 g/mol. The predicted molar refractivity (Wildman–Crippen MR) is 70.5 cm³/mol. The van der Waals surface area contributed by atoms with Crippen molar-refractivity contribution in [3.63, 3.8) is 0 Å². The minimum Gasteiger partial charge on any atom is -0.397 e. The van der Waals surface area contributed by atoms with Crippen molar-refractivity contribution in [2.45, 2.75) is 13.8 Å². The molecule has 0 radical (unpaired) electrons. The van der Waals surface area contributed by atoms with Crippen LogP contribution in [0.4, 0.5) is 0 Å². The van der Waals surface area contributed by atoms with Crippen LogP contribution in [-0.2, 0) is 0 Å². The summed E-state index contributed by atoms with van der Waals surface area (Å²) in [4.78, 5) is 0. The number of hydrogen-bond donors (Lipinski definition) is 2. The van der Waals surface area contributed by atoms with Crippen molar-refractivity contribution in [1.29, 1.82) is 0 Å². The van der Waals surface area contributed by atoms with Crippen molar-refractivity contribution in [2.75, 3.05) is 13.2 Å². The van der Waals surface area contributed by atoms with Crippen LogP contribution in [-0.4, -0.2) is 23.4 Å². The molecule has 0 heterocycles. The lowest BCUT2D eigenvalue weighted by Crippen LogP contribution is -1.57. The van der Waals surface area contributed by atoms with E-state index >= 15 is 0 Å². The van der Waals surface area contributed by atoms with Crippen LogP contribution in [0.3, 0.4) is 0 Å². The zero-order chi connectivity index (χ0) is 13.4. The largest absolute Gasteiger partial charge is 0.397 e. The van der Waals surface area contributed by atoms with Gasteiger partial charge in [-0.05, 0) is 13.8 Å². The van der Waals surface area contributed by atoms with Crippen LogP contribution in [0.15, 0.2) is 52.6 Å². The summed E-state index contributed by atoms with van der Waals surface area (Å²) in [6, 6.07) is 0. The molecule has 0 aromatic rings. The fourth-order valence-corrected chi connectivity index (χ4v) is 0. The van der Waals surface area contributed by atoms with Gasteiger partial charge in [-0.25, -0.2) is 0 Å². The molecule has 0 saturated carbocycles. The summed E-state index contributed by atoms with van der Waals surface area (Å²) < 4.78 is 0. The molecule has 0 spiro atoms. The Morgan fingerprint density at radius 3 is 0.571 bits per heavy atom. The monoisotopic (exact) mass is 204 g/mol. The fraction of sp³-hybridized carbons (Fsp3) is 0.333. The Bertz CT molecular complexity index is 29.3. The molecule has 0 aromatic heterocycles. The number of hydrogen-bond acceptors (Lipinski definition) is 2. The normalized spacial score (nSPS) is 3.71. The van der Waals surface area contributed by atoms with Gasteiger partial charge in [0.25, 0.3) is 0 Å². The molecule has 0 amide bonds. The average Bonchev–Trinajstić information content (AvgIpc) is 2.31. The first kappa shape index (κ1) is 38.4. The van der Waals surface area contributed by atoms with Gasteiger partial charge in [0, 0.05) is 13.2 Å². The molecule has 0 aliphatic rings. The van der Waals surface area contributed by atoms with Crippen LogP contribution in [0.2, 0.25) is 0 Å². The Hall–Kier alpha value is -1.12. The Morgan fingerprint density at radius 2 is 0.571 bits per heavy atom. The summed E-state index contributed by atoms with van der Waals surface area (Å²) in [5.41, 5.74) is 0. The van der Waals surface area contributed by atoms with E-state index in [1.807, 2.05) is 0 Å². The summed E-state index contributed by atoms with van der Waals surface area (Å²) in [6.45, 7) is 27.9. The van der Waals surface area contributed by atoms with Crippen molar-refractivity contribution in [3.8, 4) is 0 Å². The maximum absolute atomic E-state index is 7.57. The van der Waals surface area contributed by atoms with Gasteiger partial charge in [-0.15, -0.1) is 52.6 Å². The fourth-order valence-electron chi connectivity index (χ4n) is 0. The van der Waals surface area contributed by atoms with Crippen LogP contribution in [0, 0.1) is 0 Å². The molecule has 88 valence electrons. The van der Waals surface area contributed by atoms with Gasteiger partial charge >= 0.3 is 0 Å². The molecule has 0 aliphatic carbocycles. The van der Waals surface area contributed by atoms with Crippen molar-refractivity contribution in [2.24, 2.45) is 0 Å². The highest BCUT2D eigenvalue weighted by Gasteiger charge is 1.34. The lowest BCUT2D eigenvalue weighted by molar-refractivity contribution is 0.318. The molecule has 14 heavy (non-hydrogen) atoms. The van der Waals surface area contributed by atoms with Crippen LogP contribution in [0.25, 0.3) is 0 Å². The van der Waals surface area contributed by atoms with Gasteiger partial charge < -0.3 is 10.2 Å². The summed E-state index contributed by atoms with van der Waals surface area (Å²) in [6.07, 6.45) is 0. The highest BCUT2D eigenvalue weighted by molar-refractivity contribution is 4.23. The minimum atomic E-state index is 0.250. The van der Waals surface area contributed by atoms with E-state index < -0.39 is 0 Å². The molecule has 2 nitrogen and oxygen atoms in total. The molecule has 2 heteroatoms. The lowest BCUT2D eigenvalue weighted by Gasteiger charge is -1.52. The second-order valence-electron chi connectivity index (χ2n) is 0.632. The van der Waals surface area contributed by atoms with Crippen molar-refractivity contribution in [3.05, 3.63) is 52.6 Å². The summed E-state index contributed by atoms with van der Waals surface area (Å²) >= 11 is 0. The van der Waals surface area contributed by atoms with Crippen LogP contribution >= 0.6 is 0 Å². The Balaban J connectivity index is -0.0000000139. The van der Waals surface area contributed by atoms with Gasteiger partial charge in [0.1, 0.15) is 0 Å². The predicted octanol–water partition coefficient (Wildman–Crippen LogP) is 3.21. The molecular formula is C12H28O2. The van der Waals surface area contributed by atoms with Crippen molar-refractivity contribution in [1.82, 2.24) is 0 Å². The highest BCUT2D eigenvalue weighted by atomic mass is 16.3. The van der Waals surface area contributed by atoms with E-state index in [9.17, 15) is 0 Å². The Labute approximate surface area is 90.6 Å². The summed E-state index contributed by atoms with van der Waals surface area (Å²) in [7, 11) is 0. The molecule has 0 aliphatic heterocycles. The molecule has 0 unspecified atom stereocenters. The minimum absolute atomic E-state index is 0.250. The maximum Gasteiger partial charge on any atom is 0.0402 e. The maximum atomic E-state index is 7.57. The van der Waals surface area contributed by atoms with E-state index in [4.69, 9.17) is 10.2 Å². The molecule has 0 bridgehead atoms. The second kappa shape index (κ2) is 1820. The van der Waals surface area contributed by atoms with Gasteiger partial charge in [-0.3, -0.25) is 0 Å². The third-order valence-corrected chi connectivity index (χ3v) is 0. The third kappa shape index (κ3) is 847. The van der Waals surface area contributed by atoms with E-state index in [0.717, 1.165) is 0 Å². The van der Waals surface area contributed by atoms with Crippen LogP contribution < -0.4 is 0 Å².